The molecule has 0 aliphatic heterocycles. The zero-order valence-corrected chi connectivity index (χ0v) is 17.6. The van der Waals surface area contributed by atoms with Gasteiger partial charge in [0.1, 0.15) is 17.3 Å². The number of esters is 1. The fraction of sp³-hybridized carbons (Fsp3) is 0.304. The molecule has 0 aliphatic rings. The Labute approximate surface area is 182 Å². The molecule has 1 aromatic heterocycles. The van der Waals surface area contributed by atoms with E-state index in [0.717, 1.165) is 5.56 Å². The molecule has 9 heteroatoms. The molecule has 2 aromatic carbocycles. The number of hydrogen-bond donors (Lipinski definition) is 0. The Morgan fingerprint density at radius 2 is 1.84 bits per heavy atom. The van der Waals surface area contributed by atoms with Crippen LogP contribution in [0.3, 0.4) is 0 Å². The molecule has 3 rings (SSSR count). The number of carbonyl (C=O) groups is 1. The molecule has 0 fully saturated rings. The van der Waals surface area contributed by atoms with Crippen LogP contribution in [-0.4, -0.2) is 31.0 Å². The lowest BCUT2D eigenvalue weighted by atomic mass is 10.1. The smallest absolute Gasteiger partial charge is 0.493 e. The van der Waals surface area contributed by atoms with E-state index in [0.29, 0.717) is 42.2 Å². The first-order chi connectivity index (χ1) is 15.3. The normalized spacial score (nSPS) is 11.3. The van der Waals surface area contributed by atoms with Crippen molar-refractivity contribution in [3.8, 4) is 23.0 Å². The summed E-state index contributed by atoms with van der Waals surface area (Å²) < 4.78 is 57.6. The average molecular weight is 449 g/mol. The van der Waals surface area contributed by atoms with E-state index in [9.17, 15) is 18.0 Å². The predicted octanol–water partition coefficient (Wildman–Crippen LogP) is 5.14. The monoisotopic (exact) mass is 449 g/mol. The Morgan fingerprint density at radius 3 is 2.56 bits per heavy atom. The van der Waals surface area contributed by atoms with Crippen molar-refractivity contribution >= 4 is 5.97 Å². The van der Waals surface area contributed by atoms with Gasteiger partial charge in [0.2, 0.25) is 5.89 Å². The Hall–Kier alpha value is -3.49. The predicted molar refractivity (Wildman–Crippen MR) is 109 cm³/mol. The molecule has 0 atom stereocenters. The zero-order chi connectivity index (χ0) is 23.1. The Bertz CT molecular complexity index is 1060. The summed E-state index contributed by atoms with van der Waals surface area (Å²) in [5, 5.41) is 0. The third kappa shape index (κ3) is 6.50. The number of hydrogen-bond acceptors (Lipinski definition) is 6. The third-order valence-electron chi connectivity index (χ3n) is 4.50. The lowest BCUT2D eigenvalue weighted by molar-refractivity contribution is -0.274. The summed E-state index contributed by atoms with van der Waals surface area (Å²) in [5.41, 5.74) is 1.81. The van der Waals surface area contributed by atoms with Gasteiger partial charge in [-0.3, -0.25) is 4.79 Å². The van der Waals surface area contributed by atoms with Crippen molar-refractivity contribution < 1.29 is 36.6 Å². The minimum atomic E-state index is -4.78. The van der Waals surface area contributed by atoms with Crippen molar-refractivity contribution in [2.24, 2.45) is 0 Å². The average Bonchev–Trinajstić information content (AvgIpc) is 3.16. The lowest BCUT2D eigenvalue weighted by Crippen LogP contribution is -2.17. The topological polar surface area (TPSA) is 70.8 Å². The highest BCUT2D eigenvalue weighted by molar-refractivity contribution is 5.72. The van der Waals surface area contributed by atoms with Gasteiger partial charge in [0, 0.05) is 18.4 Å². The maximum absolute atomic E-state index is 12.5. The fourth-order valence-corrected chi connectivity index (χ4v) is 3.05. The molecular formula is C23H22F3NO5. The molecule has 32 heavy (non-hydrogen) atoms. The van der Waals surface area contributed by atoms with Gasteiger partial charge in [-0.15, -0.1) is 13.2 Å². The second-order valence-corrected chi connectivity index (χ2v) is 6.82. The first-order valence-corrected chi connectivity index (χ1v) is 9.90. The summed E-state index contributed by atoms with van der Waals surface area (Å²) >= 11 is 0. The van der Waals surface area contributed by atoms with Crippen LogP contribution in [0.2, 0.25) is 0 Å². The third-order valence-corrected chi connectivity index (χ3v) is 4.50. The number of ether oxygens (including phenoxy) is 3. The van der Waals surface area contributed by atoms with Gasteiger partial charge in [-0.2, -0.15) is 0 Å². The Morgan fingerprint density at radius 1 is 1.09 bits per heavy atom. The quantitative estimate of drug-likeness (QED) is 0.422. The van der Waals surface area contributed by atoms with E-state index >= 15 is 0 Å². The van der Waals surface area contributed by atoms with Gasteiger partial charge in [0.25, 0.3) is 0 Å². The summed E-state index contributed by atoms with van der Waals surface area (Å²) in [5.74, 6) is 0.762. The largest absolute Gasteiger partial charge is 0.573 e. The van der Waals surface area contributed by atoms with Gasteiger partial charge in [0.15, 0.2) is 0 Å². The molecule has 0 bridgehead atoms. The highest BCUT2D eigenvalue weighted by Crippen LogP contribution is 2.29. The first kappa shape index (κ1) is 23.2. The molecular weight excluding hydrogens is 427 g/mol. The highest BCUT2D eigenvalue weighted by atomic mass is 19.4. The lowest BCUT2D eigenvalue weighted by Gasteiger charge is -2.08. The van der Waals surface area contributed by atoms with Crippen molar-refractivity contribution in [3.63, 3.8) is 0 Å². The summed E-state index contributed by atoms with van der Waals surface area (Å²) in [7, 11) is 1.33. The number of benzene rings is 2. The minimum Gasteiger partial charge on any atom is -0.493 e. The van der Waals surface area contributed by atoms with E-state index in [1.807, 2.05) is 6.92 Å². The van der Waals surface area contributed by atoms with Crippen LogP contribution < -0.4 is 9.47 Å². The second-order valence-electron chi connectivity index (χ2n) is 6.82. The van der Waals surface area contributed by atoms with E-state index in [2.05, 4.69) is 14.5 Å². The van der Waals surface area contributed by atoms with Crippen molar-refractivity contribution in [3.05, 3.63) is 65.5 Å². The molecule has 0 N–H and O–H groups in total. The molecule has 1 heterocycles. The van der Waals surface area contributed by atoms with Gasteiger partial charge in [0.05, 0.1) is 25.8 Å². The van der Waals surface area contributed by atoms with Gasteiger partial charge >= 0.3 is 12.3 Å². The second kappa shape index (κ2) is 10.2. The number of halogens is 3. The number of aromatic nitrogens is 1. The number of methoxy groups -OCH3 is 1. The summed E-state index contributed by atoms with van der Waals surface area (Å²) in [6.07, 6.45) is -3.62. The van der Waals surface area contributed by atoms with Crippen LogP contribution in [0.25, 0.3) is 11.5 Å². The number of aryl methyl sites for hydroxylation is 1. The number of oxazole rings is 1. The summed E-state index contributed by atoms with van der Waals surface area (Å²) in [6, 6.07) is 12.6. The summed E-state index contributed by atoms with van der Waals surface area (Å²) in [4.78, 5) is 15.9. The fourth-order valence-electron chi connectivity index (χ4n) is 3.05. The Kier molecular flexibility index (Phi) is 7.40. The summed E-state index contributed by atoms with van der Waals surface area (Å²) in [6.45, 7) is 2.20. The van der Waals surface area contributed by atoms with E-state index in [1.165, 1.54) is 25.3 Å². The maximum Gasteiger partial charge on any atom is 0.573 e. The van der Waals surface area contributed by atoms with Crippen LogP contribution in [-0.2, 0) is 28.8 Å². The Balaban J connectivity index is 1.67. The molecule has 0 unspecified atom stereocenters. The highest BCUT2D eigenvalue weighted by Gasteiger charge is 2.31. The molecule has 6 nitrogen and oxygen atoms in total. The minimum absolute atomic E-state index is 0.150. The molecule has 0 amide bonds. The first-order valence-electron chi connectivity index (χ1n) is 9.90. The maximum atomic E-state index is 12.5. The molecule has 0 spiro atoms. The molecule has 0 saturated heterocycles. The van der Waals surface area contributed by atoms with E-state index in [1.54, 1.807) is 30.3 Å². The van der Waals surface area contributed by atoms with Crippen LogP contribution in [0.4, 0.5) is 13.2 Å². The van der Waals surface area contributed by atoms with Crippen molar-refractivity contribution in [2.45, 2.75) is 32.5 Å². The number of nitrogens with zero attached hydrogens (tertiary/aromatic N) is 1. The van der Waals surface area contributed by atoms with Crippen LogP contribution in [0.5, 0.6) is 11.5 Å². The van der Waals surface area contributed by atoms with Gasteiger partial charge in [-0.05, 0) is 35.9 Å². The van der Waals surface area contributed by atoms with Crippen LogP contribution in [0, 0.1) is 0 Å². The van der Waals surface area contributed by atoms with Gasteiger partial charge < -0.3 is 18.6 Å². The van der Waals surface area contributed by atoms with E-state index < -0.39 is 6.36 Å². The molecule has 3 aromatic rings. The molecule has 0 radical (unpaired) electrons. The molecule has 170 valence electrons. The standard InChI is InChI=1S/C23H22F3NO5/c1-3-20-19(10-11-30-17-8-4-6-15(12-17)13-21(28)29-2)27-22(31-20)16-7-5-9-18(14-16)32-23(24,25)26/h4-9,12,14H,3,10-11,13H2,1-2H3. The van der Waals surface area contributed by atoms with Crippen molar-refractivity contribution in [1.29, 1.82) is 0 Å². The number of carbonyl (C=O) groups excluding carboxylic acids is 1. The van der Waals surface area contributed by atoms with Crippen molar-refractivity contribution in [1.82, 2.24) is 4.98 Å². The van der Waals surface area contributed by atoms with E-state index in [4.69, 9.17) is 9.15 Å². The van der Waals surface area contributed by atoms with Gasteiger partial charge in [-0.25, -0.2) is 4.98 Å². The van der Waals surface area contributed by atoms with E-state index in [-0.39, 0.29) is 24.0 Å². The van der Waals surface area contributed by atoms with Crippen LogP contribution >= 0.6 is 0 Å². The van der Waals surface area contributed by atoms with Crippen LogP contribution in [0.15, 0.2) is 52.9 Å². The number of alkyl halides is 3. The molecule has 0 saturated carbocycles. The molecule has 0 aliphatic carbocycles. The van der Waals surface area contributed by atoms with Crippen molar-refractivity contribution in [2.75, 3.05) is 13.7 Å². The van der Waals surface area contributed by atoms with Gasteiger partial charge in [-0.1, -0.05) is 25.1 Å². The van der Waals surface area contributed by atoms with Crippen LogP contribution in [0.1, 0.15) is 23.9 Å². The number of rotatable bonds is 9. The zero-order valence-electron chi connectivity index (χ0n) is 17.6. The SMILES string of the molecule is CCc1oc(-c2cccc(OC(F)(F)F)c2)nc1CCOc1cccc(CC(=O)OC)c1.